The number of fused-ring (bicyclic) bond motifs is 1. The molecule has 1 saturated heterocycles. The van der Waals surface area contributed by atoms with E-state index in [4.69, 9.17) is 4.74 Å². The second kappa shape index (κ2) is 10.5. The van der Waals surface area contributed by atoms with Gasteiger partial charge in [0.1, 0.15) is 0 Å². The number of ether oxygens (including phenoxy) is 1. The molecule has 2 N–H and O–H groups in total. The number of pyridine rings is 1. The fourth-order valence-electron chi connectivity index (χ4n) is 3.53. The van der Waals surface area contributed by atoms with E-state index >= 15 is 0 Å². The quantitative estimate of drug-likeness (QED) is 0.439. The van der Waals surface area contributed by atoms with Crippen LogP contribution in [0.15, 0.2) is 54.7 Å². The molecule has 1 aliphatic rings. The Kier molecular flexibility index (Phi) is 7.08. The number of amides is 3. The molecule has 166 valence electrons. The van der Waals surface area contributed by atoms with Crippen molar-refractivity contribution >= 4 is 34.7 Å². The highest BCUT2D eigenvalue weighted by molar-refractivity contribution is 6.04. The van der Waals surface area contributed by atoms with Crippen molar-refractivity contribution in [2.24, 2.45) is 0 Å². The summed E-state index contributed by atoms with van der Waals surface area (Å²) in [5.74, 6) is -0.151. The van der Waals surface area contributed by atoms with Crippen LogP contribution in [-0.4, -0.2) is 71.4 Å². The van der Waals surface area contributed by atoms with Crippen molar-refractivity contribution in [3.8, 4) is 0 Å². The molecule has 0 radical (unpaired) electrons. The van der Waals surface area contributed by atoms with Gasteiger partial charge in [-0.1, -0.05) is 18.2 Å². The van der Waals surface area contributed by atoms with Gasteiger partial charge in [-0.2, -0.15) is 5.10 Å². The summed E-state index contributed by atoms with van der Waals surface area (Å²) >= 11 is 0. The maximum atomic E-state index is 13.0. The molecule has 9 nitrogen and oxygen atoms in total. The monoisotopic (exact) mass is 434 g/mol. The van der Waals surface area contributed by atoms with Crippen molar-refractivity contribution in [3.63, 3.8) is 0 Å². The first kappa shape index (κ1) is 21.5. The number of benzene rings is 1. The fraction of sp³-hybridized carbons (Fsp3) is 0.304. The second-order valence-corrected chi connectivity index (χ2v) is 7.36. The summed E-state index contributed by atoms with van der Waals surface area (Å²) in [5, 5.41) is 10.8. The lowest BCUT2D eigenvalue weighted by Crippen LogP contribution is -2.46. The second-order valence-electron chi connectivity index (χ2n) is 7.36. The number of morpholine rings is 1. The van der Waals surface area contributed by atoms with E-state index in [0.717, 1.165) is 16.8 Å². The minimum atomic E-state index is -0.151. The van der Waals surface area contributed by atoms with Gasteiger partial charge in [0.05, 0.1) is 18.9 Å². The zero-order valence-electron chi connectivity index (χ0n) is 17.7. The molecule has 3 amide bonds. The van der Waals surface area contributed by atoms with Crippen LogP contribution in [-0.2, 0) is 9.53 Å². The first-order chi connectivity index (χ1) is 15.7. The van der Waals surface area contributed by atoms with Gasteiger partial charge in [0, 0.05) is 49.5 Å². The average Bonchev–Trinajstić information content (AvgIpc) is 3.26. The van der Waals surface area contributed by atoms with Gasteiger partial charge in [0.2, 0.25) is 0 Å². The summed E-state index contributed by atoms with van der Waals surface area (Å²) in [6, 6.07) is 13.1. The Morgan fingerprint density at radius 1 is 1.16 bits per heavy atom. The lowest BCUT2D eigenvalue weighted by molar-refractivity contribution is -0.114. The van der Waals surface area contributed by atoms with Gasteiger partial charge >= 0.3 is 6.03 Å². The van der Waals surface area contributed by atoms with E-state index in [0.29, 0.717) is 51.5 Å². The standard InChI is InChI=1S/C23H26N6O3/c30-21(10-9-20-19-8-4-11-24-22(19)27-26-20)29(18-6-2-1-3-7-18)13-5-12-25-23(31)28-14-16-32-17-15-28/h1-4,6-11H,5,12-17H2,(H,25,31)(H,24,26,27)/b10-9+. The number of carbonyl (C=O) groups is 2. The number of H-pyrrole nitrogens is 1. The molecule has 4 rings (SSSR count). The third-order valence-electron chi connectivity index (χ3n) is 5.22. The first-order valence-corrected chi connectivity index (χ1v) is 10.7. The van der Waals surface area contributed by atoms with Crippen LogP contribution in [0.1, 0.15) is 12.1 Å². The number of rotatable bonds is 7. The number of hydrogen-bond donors (Lipinski definition) is 2. The van der Waals surface area contributed by atoms with Crippen LogP contribution in [0.4, 0.5) is 10.5 Å². The summed E-state index contributed by atoms with van der Waals surface area (Å²) in [5.41, 5.74) is 2.14. The number of urea groups is 1. The molecule has 2 aromatic heterocycles. The van der Waals surface area contributed by atoms with Gasteiger partial charge in [0.25, 0.3) is 5.91 Å². The maximum Gasteiger partial charge on any atom is 0.317 e. The zero-order valence-corrected chi connectivity index (χ0v) is 17.7. The predicted octanol–water partition coefficient (Wildman–Crippen LogP) is 2.44. The maximum absolute atomic E-state index is 13.0. The summed E-state index contributed by atoms with van der Waals surface area (Å²) in [6.45, 7) is 3.29. The Bertz CT molecular complexity index is 1080. The third kappa shape index (κ3) is 5.30. The zero-order chi connectivity index (χ0) is 22.2. The Hall–Kier alpha value is -3.72. The number of nitrogens with zero attached hydrogens (tertiary/aromatic N) is 4. The molecule has 1 aromatic carbocycles. The van der Waals surface area contributed by atoms with E-state index in [2.05, 4.69) is 20.5 Å². The van der Waals surface area contributed by atoms with E-state index in [9.17, 15) is 9.59 Å². The Labute approximate surface area is 186 Å². The smallest absolute Gasteiger partial charge is 0.317 e. The highest BCUT2D eigenvalue weighted by Crippen LogP contribution is 2.17. The largest absolute Gasteiger partial charge is 0.378 e. The van der Waals surface area contributed by atoms with Crippen molar-refractivity contribution in [2.45, 2.75) is 6.42 Å². The van der Waals surface area contributed by atoms with E-state index in [1.807, 2.05) is 42.5 Å². The molecule has 0 saturated carbocycles. The summed E-state index contributed by atoms with van der Waals surface area (Å²) in [4.78, 5) is 32.9. The van der Waals surface area contributed by atoms with Crippen LogP contribution in [0, 0.1) is 0 Å². The number of aromatic amines is 1. The lowest BCUT2D eigenvalue weighted by Gasteiger charge is -2.27. The van der Waals surface area contributed by atoms with Gasteiger partial charge in [0.15, 0.2) is 5.65 Å². The summed E-state index contributed by atoms with van der Waals surface area (Å²) < 4.78 is 5.27. The predicted molar refractivity (Wildman–Crippen MR) is 122 cm³/mol. The van der Waals surface area contributed by atoms with Crippen LogP contribution in [0.3, 0.4) is 0 Å². The van der Waals surface area contributed by atoms with Crippen molar-refractivity contribution in [1.29, 1.82) is 0 Å². The molecule has 0 bridgehead atoms. The SMILES string of the molecule is O=C(NCCCN(C(=O)/C=C/c1[nH]nc2ncccc12)c1ccccc1)N1CCOCC1. The van der Waals surface area contributed by atoms with Crippen molar-refractivity contribution in [3.05, 3.63) is 60.4 Å². The van der Waals surface area contributed by atoms with Crippen molar-refractivity contribution in [1.82, 2.24) is 25.4 Å². The van der Waals surface area contributed by atoms with Crippen LogP contribution >= 0.6 is 0 Å². The molecule has 1 fully saturated rings. The van der Waals surface area contributed by atoms with Gasteiger partial charge in [-0.25, -0.2) is 9.78 Å². The summed E-state index contributed by atoms with van der Waals surface area (Å²) in [7, 11) is 0. The molecule has 0 unspecified atom stereocenters. The van der Waals surface area contributed by atoms with Crippen molar-refractivity contribution < 1.29 is 14.3 Å². The number of nitrogens with one attached hydrogen (secondary N) is 2. The first-order valence-electron chi connectivity index (χ1n) is 10.7. The van der Waals surface area contributed by atoms with Crippen LogP contribution in [0.25, 0.3) is 17.1 Å². The van der Waals surface area contributed by atoms with Crippen molar-refractivity contribution in [2.75, 3.05) is 44.3 Å². The van der Waals surface area contributed by atoms with E-state index in [1.165, 1.54) is 6.08 Å². The topological polar surface area (TPSA) is 103 Å². The molecule has 3 heterocycles. The normalized spacial score (nSPS) is 14.1. The minimum Gasteiger partial charge on any atom is -0.378 e. The number of para-hydroxylation sites is 1. The van der Waals surface area contributed by atoms with Gasteiger partial charge in [-0.05, 0) is 36.8 Å². The van der Waals surface area contributed by atoms with E-state index in [1.54, 1.807) is 22.1 Å². The van der Waals surface area contributed by atoms with E-state index in [-0.39, 0.29) is 11.9 Å². The highest BCUT2D eigenvalue weighted by Gasteiger charge is 2.17. The molecule has 1 aliphatic heterocycles. The van der Waals surface area contributed by atoms with Gasteiger partial charge in [-0.3, -0.25) is 9.89 Å². The Balaban J connectivity index is 1.38. The third-order valence-corrected chi connectivity index (χ3v) is 5.22. The molecule has 0 spiro atoms. The summed E-state index contributed by atoms with van der Waals surface area (Å²) in [6.07, 6.45) is 5.55. The highest BCUT2D eigenvalue weighted by atomic mass is 16.5. The van der Waals surface area contributed by atoms with Crippen LogP contribution < -0.4 is 10.2 Å². The Morgan fingerprint density at radius 2 is 1.97 bits per heavy atom. The molecule has 0 atom stereocenters. The minimum absolute atomic E-state index is 0.0921. The fourth-order valence-corrected chi connectivity index (χ4v) is 3.53. The molecule has 3 aromatic rings. The van der Waals surface area contributed by atoms with Crippen LogP contribution in [0.2, 0.25) is 0 Å². The van der Waals surface area contributed by atoms with Gasteiger partial charge < -0.3 is 19.9 Å². The molecular weight excluding hydrogens is 408 g/mol. The van der Waals surface area contributed by atoms with E-state index < -0.39 is 0 Å². The molecule has 9 heteroatoms. The number of carbonyl (C=O) groups excluding carboxylic acids is 2. The lowest BCUT2D eigenvalue weighted by atomic mass is 10.2. The van der Waals surface area contributed by atoms with Gasteiger partial charge in [-0.15, -0.1) is 0 Å². The number of hydrogen-bond acceptors (Lipinski definition) is 5. The molecular formula is C23H26N6O3. The molecule has 0 aliphatic carbocycles. The average molecular weight is 435 g/mol. The Morgan fingerprint density at radius 3 is 2.78 bits per heavy atom. The number of aromatic nitrogens is 3. The van der Waals surface area contributed by atoms with Crippen LogP contribution in [0.5, 0.6) is 0 Å². The molecule has 32 heavy (non-hydrogen) atoms. The number of anilines is 1.